The van der Waals surface area contributed by atoms with Crippen LogP contribution in [-0.2, 0) is 4.79 Å². The zero-order valence-electron chi connectivity index (χ0n) is 11.7. The molecule has 1 aliphatic heterocycles. The zero-order valence-corrected chi connectivity index (χ0v) is 13.2. The molecule has 0 aliphatic carbocycles. The Kier molecular flexibility index (Phi) is 3.89. The summed E-state index contributed by atoms with van der Waals surface area (Å²) in [5, 5.41) is 12.1. The molecular weight excluding hydrogens is 325 g/mol. The smallest absolute Gasteiger partial charge is 0.251 e. The van der Waals surface area contributed by atoms with E-state index in [1.54, 1.807) is 18.2 Å². The molecule has 116 valence electrons. The first-order valence-corrected chi connectivity index (χ1v) is 7.68. The number of nitrogens with two attached hydrogens (primary N) is 1. The van der Waals surface area contributed by atoms with E-state index in [2.05, 4.69) is 4.98 Å². The fourth-order valence-corrected chi connectivity index (χ4v) is 3.17. The van der Waals surface area contributed by atoms with E-state index in [4.69, 9.17) is 28.9 Å². The van der Waals surface area contributed by atoms with Gasteiger partial charge in [-0.15, -0.1) is 0 Å². The molecule has 0 saturated carbocycles. The third kappa shape index (κ3) is 2.60. The van der Waals surface area contributed by atoms with E-state index < -0.39 is 11.5 Å². The van der Waals surface area contributed by atoms with Crippen LogP contribution in [0.25, 0.3) is 10.9 Å². The van der Waals surface area contributed by atoms with Crippen molar-refractivity contribution in [1.82, 2.24) is 4.98 Å². The van der Waals surface area contributed by atoms with Crippen LogP contribution in [0.15, 0.2) is 24.3 Å². The summed E-state index contributed by atoms with van der Waals surface area (Å²) >= 11 is 12.3. The number of primary amides is 1. The fraction of sp³-hybridized carbons (Fsp3) is 0.333. The summed E-state index contributed by atoms with van der Waals surface area (Å²) < 4.78 is 0. The minimum absolute atomic E-state index is 0.124. The van der Waals surface area contributed by atoms with Gasteiger partial charge in [0, 0.05) is 11.9 Å². The molecule has 3 N–H and O–H groups in total. The van der Waals surface area contributed by atoms with Crippen molar-refractivity contribution >= 4 is 45.8 Å². The van der Waals surface area contributed by atoms with E-state index in [1.165, 1.54) is 0 Å². The molecule has 2 heterocycles. The van der Waals surface area contributed by atoms with Gasteiger partial charge in [0.2, 0.25) is 0 Å². The van der Waals surface area contributed by atoms with Crippen LogP contribution >= 0.6 is 23.2 Å². The molecule has 1 fully saturated rings. The predicted octanol–water partition coefficient (Wildman–Crippen LogP) is 2.36. The summed E-state index contributed by atoms with van der Waals surface area (Å²) in [6, 6.07) is 7.06. The number of amides is 1. The number of benzene rings is 1. The first-order chi connectivity index (χ1) is 10.4. The second kappa shape index (κ2) is 5.57. The van der Waals surface area contributed by atoms with Crippen LogP contribution in [0.1, 0.15) is 12.8 Å². The van der Waals surface area contributed by atoms with Gasteiger partial charge in [0.1, 0.15) is 5.82 Å². The predicted molar refractivity (Wildman–Crippen MR) is 87.4 cm³/mol. The number of nitrogens with zero attached hydrogens (tertiary/aromatic N) is 2. The summed E-state index contributed by atoms with van der Waals surface area (Å²) in [4.78, 5) is 17.8. The maximum absolute atomic E-state index is 11.5. The van der Waals surface area contributed by atoms with E-state index in [0.29, 0.717) is 40.8 Å². The molecule has 7 heteroatoms. The van der Waals surface area contributed by atoms with Crippen molar-refractivity contribution in [2.75, 3.05) is 18.0 Å². The lowest BCUT2D eigenvalue weighted by Gasteiger charge is -2.37. The highest BCUT2D eigenvalue weighted by Gasteiger charge is 2.39. The largest absolute Gasteiger partial charge is 0.378 e. The first-order valence-electron chi connectivity index (χ1n) is 6.93. The molecule has 1 aromatic heterocycles. The Morgan fingerprint density at radius 2 is 2.00 bits per heavy atom. The number of β-amino-alcohol motifs (C(OH)–C–C–N with tert-alkyl or cyclic N) is 1. The van der Waals surface area contributed by atoms with Gasteiger partial charge in [-0.2, -0.15) is 0 Å². The quantitative estimate of drug-likeness (QED) is 0.880. The molecule has 1 saturated heterocycles. The summed E-state index contributed by atoms with van der Waals surface area (Å²) in [5.74, 6) is -0.0740. The highest BCUT2D eigenvalue weighted by molar-refractivity contribution is 6.39. The molecule has 1 aliphatic rings. The van der Waals surface area contributed by atoms with Gasteiger partial charge in [0.05, 0.1) is 22.1 Å². The Morgan fingerprint density at radius 3 is 2.73 bits per heavy atom. The number of anilines is 1. The standard InChI is InChI=1S/C15H15Cl2N3O2/c16-10-3-4-11(17)13-9(10)2-5-12(19-13)20-7-1-6-15(22,8-20)14(18)21/h2-5,22H,1,6-8H2,(H2,18,21)/t15-/m1/s1. The van der Waals surface area contributed by atoms with Gasteiger partial charge in [-0.3, -0.25) is 4.79 Å². The molecule has 2 aromatic rings. The van der Waals surface area contributed by atoms with Crippen LogP contribution < -0.4 is 10.6 Å². The van der Waals surface area contributed by atoms with Crippen LogP contribution in [0.3, 0.4) is 0 Å². The molecule has 5 nitrogen and oxygen atoms in total. The van der Waals surface area contributed by atoms with Gasteiger partial charge >= 0.3 is 0 Å². The van der Waals surface area contributed by atoms with Crippen molar-refractivity contribution in [3.8, 4) is 0 Å². The lowest BCUT2D eigenvalue weighted by molar-refractivity contribution is -0.137. The molecular formula is C15H15Cl2N3O2. The third-order valence-corrected chi connectivity index (χ3v) is 4.63. The number of hydrogen-bond donors (Lipinski definition) is 2. The van der Waals surface area contributed by atoms with Crippen LogP contribution in [0, 0.1) is 0 Å². The van der Waals surface area contributed by atoms with Crippen molar-refractivity contribution < 1.29 is 9.90 Å². The number of pyridine rings is 1. The van der Waals surface area contributed by atoms with Gasteiger partial charge in [-0.05, 0) is 37.1 Å². The van der Waals surface area contributed by atoms with E-state index in [-0.39, 0.29) is 6.54 Å². The van der Waals surface area contributed by atoms with E-state index in [9.17, 15) is 9.90 Å². The zero-order chi connectivity index (χ0) is 15.9. The molecule has 0 radical (unpaired) electrons. The average molecular weight is 340 g/mol. The lowest BCUT2D eigenvalue weighted by atomic mass is 9.92. The molecule has 3 rings (SSSR count). The summed E-state index contributed by atoms with van der Waals surface area (Å²) in [5.41, 5.74) is 4.38. The van der Waals surface area contributed by atoms with Crippen LogP contribution in [0.4, 0.5) is 5.82 Å². The molecule has 1 aromatic carbocycles. The SMILES string of the molecule is NC(=O)[C@@]1(O)CCCN(c2ccc3c(Cl)ccc(Cl)c3n2)C1. The molecule has 0 bridgehead atoms. The first kappa shape index (κ1) is 15.3. The summed E-state index contributed by atoms with van der Waals surface area (Å²) in [6.45, 7) is 0.811. The second-order valence-electron chi connectivity index (χ2n) is 5.52. The van der Waals surface area contributed by atoms with Gasteiger partial charge in [0.25, 0.3) is 5.91 Å². The van der Waals surface area contributed by atoms with E-state index in [0.717, 1.165) is 5.39 Å². The molecule has 1 atom stereocenters. The number of carbonyl (C=O) groups excluding carboxylic acids is 1. The van der Waals surface area contributed by atoms with Crippen LogP contribution in [0.5, 0.6) is 0 Å². The fourth-order valence-electron chi connectivity index (χ4n) is 2.75. The Labute approximate surface area is 137 Å². The number of halogens is 2. The average Bonchev–Trinajstić information content (AvgIpc) is 2.51. The van der Waals surface area contributed by atoms with E-state index >= 15 is 0 Å². The minimum Gasteiger partial charge on any atom is -0.378 e. The van der Waals surface area contributed by atoms with Crippen molar-refractivity contribution in [3.05, 3.63) is 34.3 Å². The van der Waals surface area contributed by atoms with Gasteiger partial charge in [0.15, 0.2) is 5.60 Å². The third-order valence-electron chi connectivity index (χ3n) is 3.99. The normalized spacial score (nSPS) is 22.0. The topological polar surface area (TPSA) is 79.5 Å². The number of rotatable bonds is 2. The number of aromatic nitrogens is 1. The maximum Gasteiger partial charge on any atom is 0.251 e. The Hall–Kier alpha value is -1.56. The number of fused-ring (bicyclic) bond motifs is 1. The number of piperidine rings is 1. The van der Waals surface area contributed by atoms with E-state index in [1.807, 2.05) is 11.0 Å². The highest BCUT2D eigenvalue weighted by atomic mass is 35.5. The van der Waals surface area contributed by atoms with Crippen molar-refractivity contribution in [1.29, 1.82) is 0 Å². The van der Waals surface area contributed by atoms with Crippen LogP contribution in [0.2, 0.25) is 10.0 Å². The van der Waals surface area contributed by atoms with Gasteiger partial charge in [-0.25, -0.2) is 4.98 Å². The molecule has 1 amide bonds. The highest BCUT2D eigenvalue weighted by Crippen LogP contribution is 2.32. The molecule has 22 heavy (non-hydrogen) atoms. The summed E-state index contributed by atoms with van der Waals surface area (Å²) in [7, 11) is 0. The number of aliphatic hydroxyl groups is 1. The minimum atomic E-state index is -1.52. The number of hydrogen-bond acceptors (Lipinski definition) is 4. The maximum atomic E-state index is 11.5. The van der Waals surface area contributed by atoms with Crippen molar-refractivity contribution in [2.45, 2.75) is 18.4 Å². The van der Waals surface area contributed by atoms with Gasteiger partial charge in [-0.1, -0.05) is 23.2 Å². The number of carbonyl (C=O) groups is 1. The molecule has 0 unspecified atom stereocenters. The van der Waals surface area contributed by atoms with Crippen LogP contribution in [-0.4, -0.2) is 34.7 Å². The van der Waals surface area contributed by atoms with Gasteiger partial charge < -0.3 is 15.7 Å². The second-order valence-corrected chi connectivity index (χ2v) is 6.33. The Balaban J connectivity index is 2.00. The Morgan fingerprint density at radius 1 is 1.27 bits per heavy atom. The summed E-state index contributed by atoms with van der Waals surface area (Å²) in [6.07, 6.45) is 1.02. The lowest BCUT2D eigenvalue weighted by Crippen LogP contribution is -2.56. The molecule has 0 spiro atoms. The van der Waals surface area contributed by atoms with Crippen molar-refractivity contribution in [2.24, 2.45) is 5.73 Å². The monoisotopic (exact) mass is 339 g/mol. The Bertz CT molecular complexity index is 753. The van der Waals surface area contributed by atoms with Crippen molar-refractivity contribution in [3.63, 3.8) is 0 Å².